The Labute approximate surface area is 206 Å². The molecule has 3 rings (SSSR count). The second-order valence-electron chi connectivity index (χ2n) is 8.69. The van der Waals surface area contributed by atoms with Crippen molar-refractivity contribution in [3.05, 3.63) is 59.7 Å². The molecule has 1 atom stereocenters. The molecule has 0 spiro atoms. The van der Waals surface area contributed by atoms with Crippen molar-refractivity contribution < 1.29 is 27.5 Å². The summed E-state index contributed by atoms with van der Waals surface area (Å²) in [5.74, 6) is -0.508. The maximum atomic E-state index is 13.2. The van der Waals surface area contributed by atoms with Gasteiger partial charge in [-0.2, -0.15) is 0 Å². The lowest BCUT2D eigenvalue weighted by atomic mass is 10.1. The zero-order chi connectivity index (χ0) is 25.8. The van der Waals surface area contributed by atoms with E-state index >= 15 is 0 Å². The van der Waals surface area contributed by atoms with Gasteiger partial charge in [0.25, 0.3) is 15.9 Å². The number of ether oxygens (including phenoxy) is 1. The van der Waals surface area contributed by atoms with Crippen LogP contribution in [0.3, 0.4) is 0 Å². The quantitative estimate of drug-likeness (QED) is 0.535. The second kappa shape index (κ2) is 10.9. The number of sulfonamides is 1. The van der Waals surface area contributed by atoms with Crippen LogP contribution in [0.5, 0.6) is 5.75 Å². The summed E-state index contributed by atoms with van der Waals surface area (Å²) in [6.45, 7) is 5.41. The molecule has 9 nitrogen and oxygen atoms in total. The molecule has 1 aliphatic heterocycles. The third-order valence-electron chi connectivity index (χ3n) is 5.77. The standard InChI is InChI=1S/C25H31N3O6S/c1-17(2)26-24(30)18(3)27(16-19-11-13-20(34-4)14-12-19)23(29)10-7-15-28-25(31)21-8-5-6-9-22(21)35(28,32)33/h5-6,8-9,11-14,17-18H,7,10,15-16H2,1-4H3,(H,26,30)/t18-/m0/s1. The van der Waals surface area contributed by atoms with Crippen LogP contribution in [-0.2, 0) is 26.2 Å². The topological polar surface area (TPSA) is 113 Å². The zero-order valence-electron chi connectivity index (χ0n) is 20.4. The number of hydrogen-bond donors (Lipinski definition) is 1. The highest BCUT2D eigenvalue weighted by atomic mass is 32.2. The lowest BCUT2D eigenvalue weighted by Gasteiger charge is -2.29. The zero-order valence-corrected chi connectivity index (χ0v) is 21.2. The second-order valence-corrected chi connectivity index (χ2v) is 10.5. The van der Waals surface area contributed by atoms with Crippen LogP contribution in [0.4, 0.5) is 0 Å². The molecule has 0 unspecified atom stereocenters. The predicted octanol–water partition coefficient (Wildman–Crippen LogP) is 2.56. The first kappa shape index (κ1) is 26.2. The fourth-order valence-electron chi connectivity index (χ4n) is 3.89. The first-order valence-corrected chi connectivity index (χ1v) is 12.9. The molecular weight excluding hydrogens is 470 g/mol. The molecule has 10 heteroatoms. The molecule has 188 valence electrons. The molecule has 2 aromatic carbocycles. The number of fused-ring (bicyclic) bond motifs is 1. The van der Waals surface area contributed by atoms with Gasteiger partial charge in [-0.1, -0.05) is 24.3 Å². The van der Waals surface area contributed by atoms with Crippen molar-refractivity contribution in [1.29, 1.82) is 0 Å². The van der Waals surface area contributed by atoms with Gasteiger partial charge in [-0.15, -0.1) is 0 Å². The fourth-order valence-corrected chi connectivity index (χ4v) is 5.49. The van der Waals surface area contributed by atoms with Crippen LogP contribution >= 0.6 is 0 Å². The monoisotopic (exact) mass is 501 g/mol. The van der Waals surface area contributed by atoms with Gasteiger partial charge >= 0.3 is 0 Å². The molecule has 0 aromatic heterocycles. The molecule has 35 heavy (non-hydrogen) atoms. The maximum absolute atomic E-state index is 13.2. The lowest BCUT2D eigenvalue weighted by Crippen LogP contribution is -2.49. The summed E-state index contributed by atoms with van der Waals surface area (Å²) >= 11 is 0. The summed E-state index contributed by atoms with van der Waals surface area (Å²) in [6, 6.07) is 12.4. The van der Waals surface area contributed by atoms with Crippen LogP contribution < -0.4 is 10.1 Å². The van der Waals surface area contributed by atoms with Crippen LogP contribution in [0.1, 0.15) is 49.5 Å². The first-order valence-electron chi connectivity index (χ1n) is 11.4. The van der Waals surface area contributed by atoms with Crippen LogP contribution in [0.15, 0.2) is 53.4 Å². The van der Waals surface area contributed by atoms with Crippen LogP contribution in [-0.4, -0.2) is 61.1 Å². The van der Waals surface area contributed by atoms with E-state index in [9.17, 15) is 22.8 Å². The third kappa shape index (κ3) is 5.82. The average Bonchev–Trinajstić information content (AvgIpc) is 3.02. The van der Waals surface area contributed by atoms with Crippen molar-refractivity contribution in [3.8, 4) is 5.75 Å². The highest BCUT2D eigenvalue weighted by Gasteiger charge is 2.40. The average molecular weight is 502 g/mol. The number of benzene rings is 2. The molecular formula is C25H31N3O6S. The molecule has 0 saturated heterocycles. The van der Waals surface area contributed by atoms with Crippen molar-refractivity contribution in [2.45, 2.75) is 57.1 Å². The minimum absolute atomic E-state index is 0.0172. The molecule has 0 saturated carbocycles. The van der Waals surface area contributed by atoms with E-state index in [0.717, 1.165) is 9.87 Å². The largest absolute Gasteiger partial charge is 0.497 e. The van der Waals surface area contributed by atoms with Gasteiger partial charge in [0, 0.05) is 25.6 Å². The van der Waals surface area contributed by atoms with Crippen LogP contribution in [0, 0.1) is 0 Å². The fraction of sp³-hybridized carbons (Fsp3) is 0.400. The van der Waals surface area contributed by atoms with Gasteiger partial charge < -0.3 is 15.0 Å². The van der Waals surface area contributed by atoms with Gasteiger partial charge in [0.2, 0.25) is 11.8 Å². The predicted molar refractivity (Wildman–Crippen MR) is 130 cm³/mol. The van der Waals surface area contributed by atoms with E-state index in [4.69, 9.17) is 4.74 Å². The molecule has 3 amide bonds. The number of rotatable bonds is 10. The number of nitrogens with one attached hydrogen (secondary N) is 1. The van der Waals surface area contributed by atoms with Crippen LogP contribution in [0.2, 0.25) is 0 Å². The Balaban J connectivity index is 1.71. The Morgan fingerprint density at radius 3 is 2.31 bits per heavy atom. The summed E-state index contributed by atoms with van der Waals surface area (Å²) in [5, 5.41) is 2.82. The van der Waals surface area contributed by atoms with Gasteiger partial charge in [0.05, 0.1) is 12.7 Å². The van der Waals surface area contributed by atoms with Crippen molar-refractivity contribution >= 4 is 27.7 Å². The molecule has 0 bridgehead atoms. The van der Waals surface area contributed by atoms with Gasteiger partial charge in [0.1, 0.15) is 16.7 Å². The molecule has 0 fully saturated rings. The Kier molecular flexibility index (Phi) is 8.16. The normalized spacial score (nSPS) is 15.0. The van der Waals surface area contributed by atoms with Gasteiger partial charge in [-0.05, 0) is 57.0 Å². The van der Waals surface area contributed by atoms with Crippen molar-refractivity contribution in [2.24, 2.45) is 0 Å². The summed E-state index contributed by atoms with van der Waals surface area (Å²) in [5.41, 5.74) is 0.954. The van der Waals surface area contributed by atoms with E-state index in [0.29, 0.717) is 5.75 Å². The van der Waals surface area contributed by atoms with Crippen molar-refractivity contribution in [1.82, 2.24) is 14.5 Å². The number of hydrogen-bond acceptors (Lipinski definition) is 6. The number of nitrogens with zero attached hydrogens (tertiary/aromatic N) is 2. The van der Waals surface area contributed by atoms with E-state index in [1.165, 1.54) is 17.0 Å². The van der Waals surface area contributed by atoms with Crippen molar-refractivity contribution in [3.63, 3.8) is 0 Å². The van der Waals surface area contributed by atoms with Crippen LogP contribution in [0.25, 0.3) is 0 Å². The number of methoxy groups -OCH3 is 1. The van der Waals surface area contributed by atoms with E-state index in [2.05, 4.69) is 5.32 Å². The number of carbonyl (C=O) groups is 3. The first-order chi connectivity index (χ1) is 16.6. The number of carbonyl (C=O) groups excluding carboxylic acids is 3. The summed E-state index contributed by atoms with van der Waals surface area (Å²) in [4.78, 5) is 39.9. The molecule has 0 radical (unpaired) electrons. The van der Waals surface area contributed by atoms with Gasteiger partial charge in [-0.25, -0.2) is 12.7 Å². The summed E-state index contributed by atoms with van der Waals surface area (Å²) in [7, 11) is -2.37. The summed E-state index contributed by atoms with van der Waals surface area (Å²) in [6.07, 6.45) is 0.112. The number of amides is 3. The summed E-state index contributed by atoms with van der Waals surface area (Å²) < 4.78 is 31.5. The Morgan fingerprint density at radius 2 is 1.71 bits per heavy atom. The molecule has 2 aromatic rings. The third-order valence-corrected chi connectivity index (χ3v) is 7.61. The van der Waals surface area contributed by atoms with Gasteiger partial charge in [-0.3, -0.25) is 14.4 Å². The Morgan fingerprint density at radius 1 is 1.06 bits per heavy atom. The Bertz CT molecular complexity index is 1190. The molecule has 1 N–H and O–H groups in total. The van der Waals surface area contributed by atoms with E-state index < -0.39 is 22.0 Å². The van der Waals surface area contributed by atoms with E-state index in [1.54, 1.807) is 38.3 Å². The molecule has 1 aliphatic rings. The molecule has 1 heterocycles. The molecule has 0 aliphatic carbocycles. The lowest BCUT2D eigenvalue weighted by molar-refractivity contribution is -0.140. The highest BCUT2D eigenvalue weighted by molar-refractivity contribution is 7.90. The van der Waals surface area contributed by atoms with E-state index in [-0.39, 0.29) is 54.2 Å². The minimum atomic E-state index is -3.93. The van der Waals surface area contributed by atoms with Crippen molar-refractivity contribution in [2.75, 3.05) is 13.7 Å². The smallest absolute Gasteiger partial charge is 0.269 e. The van der Waals surface area contributed by atoms with E-state index in [1.807, 2.05) is 26.0 Å². The minimum Gasteiger partial charge on any atom is -0.497 e. The maximum Gasteiger partial charge on any atom is 0.269 e. The highest BCUT2D eigenvalue weighted by Crippen LogP contribution is 2.30. The Hall–Kier alpha value is -3.40. The van der Waals surface area contributed by atoms with Gasteiger partial charge in [0.15, 0.2) is 0 Å². The SMILES string of the molecule is COc1ccc(CN(C(=O)CCCN2C(=O)c3ccccc3S2(=O)=O)[C@@H](C)C(=O)NC(C)C)cc1.